The van der Waals surface area contributed by atoms with E-state index in [-0.39, 0.29) is 12.5 Å². The number of carbonyl (C=O) groups is 1. The van der Waals surface area contributed by atoms with Crippen molar-refractivity contribution in [2.24, 2.45) is 0 Å². The molecule has 0 spiro atoms. The molecule has 1 fully saturated rings. The molecule has 21 heavy (non-hydrogen) atoms. The van der Waals surface area contributed by atoms with Gasteiger partial charge in [-0.25, -0.2) is 0 Å². The van der Waals surface area contributed by atoms with E-state index in [4.69, 9.17) is 5.11 Å². The van der Waals surface area contributed by atoms with Gasteiger partial charge in [0.15, 0.2) is 0 Å². The van der Waals surface area contributed by atoms with Crippen LogP contribution in [-0.4, -0.2) is 46.6 Å². The number of aromatic nitrogens is 1. The van der Waals surface area contributed by atoms with E-state index >= 15 is 0 Å². The second-order valence-corrected chi connectivity index (χ2v) is 5.70. The third kappa shape index (κ3) is 5.81. The lowest BCUT2D eigenvalue weighted by atomic mass is 9.95. The first-order valence-corrected chi connectivity index (χ1v) is 7.79. The summed E-state index contributed by atoms with van der Waals surface area (Å²) < 4.78 is 0. The van der Waals surface area contributed by atoms with Crippen molar-refractivity contribution < 1.29 is 9.90 Å². The average molecular weight is 291 g/mol. The molecule has 0 aliphatic heterocycles. The van der Waals surface area contributed by atoms with Crippen LogP contribution in [0.1, 0.15) is 37.7 Å². The monoisotopic (exact) mass is 291 g/mol. The number of rotatable bonds is 7. The second-order valence-electron chi connectivity index (χ2n) is 5.70. The minimum atomic E-state index is 0.0526. The van der Waals surface area contributed by atoms with Gasteiger partial charge in [-0.05, 0) is 24.5 Å². The normalized spacial score (nSPS) is 16.1. The summed E-state index contributed by atoms with van der Waals surface area (Å²) in [5, 5.41) is 12.3. The number of hydrogen-bond acceptors (Lipinski definition) is 4. The summed E-state index contributed by atoms with van der Waals surface area (Å²) in [6, 6.07) is 4.20. The Hall–Kier alpha value is -1.46. The number of aliphatic hydroxyl groups excluding tert-OH is 1. The van der Waals surface area contributed by atoms with Crippen molar-refractivity contribution in [2.45, 2.75) is 44.7 Å². The molecule has 116 valence electrons. The molecule has 0 bridgehead atoms. The highest BCUT2D eigenvalue weighted by atomic mass is 16.3. The number of hydrogen-bond donors (Lipinski definition) is 2. The van der Waals surface area contributed by atoms with E-state index in [1.165, 1.54) is 19.3 Å². The second kappa shape index (κ2) is 8.74. The van der Waals surface area contributed by atoms with Crippen molar-refractivity contribution in [3.8, 4) is 0 Å². The molecular weight excluding hydrogens is 266 g/mol. The van der Waals surface area contributed by atoms with Crippen LogP contribution in [0.5, 0.6) is 0 Å². The van der Waals surface area contributed by atoms with Crippen molar-refractivity contribution in [3.05, 3.63) is 30.1 Å². The molecule has 5 nitrogen and oxygen atoms in total. The summed E-state index contributed by atoms with van der Waals surface area (Å²) in [5.74, 6) is 0.0549. The third-order valence-electron chi connectivity index (χ3n) is 3.88. The Bertz CT molecular complexity index is 419. The van der Waals surface area contributed by atoms with Crippen molar-refractivity contribution in [1.29, 1.82) is 0 Å². The van der Waals surface area contributed by atoms with Gasteiger partial charge in [-0.15, -0.1) is 0 Å². The highest BCUT2D eigenvalue weighted by Crippen LogP contribution is 2.17. The third-order valence-corrected chi connectivity index (χ3v) is 3.88. The van der Waals surface area contributed by atoms with E-state index in [1.54, 1.807) is 12.4 Å². The maximum absolute atomic E-state index is 12.1. The fourth-order valence-corrected chi connectivity index (χ4v) is 2.83. The number of pyridine rings is 1. The van der Waals surface area contributed by atoms with E-state index < -0.39 is 0 Å². The van der Waals surface area contributed by atoms with Gasteiger partial charge in [-0.2, -0.15) is 0 Å². The predicted octanol–water partition coefficient (Wildman–Crippen LogP) is 1.32. The van der Waals surface area contributed by atoms with Crippen LogP contribution >= 0.6 is 0 Å². The quantitative estimate of drug-likeness (QED) is 0.795. The Kier molecular flexibility index (Phi) is 6.63. The van der Waals surface area contributed by atoms with E-state index in [0.29, 0.717) is 25.7 Å². The van der Waals surface area contributed by atoms with E-state index in [9.17, 15) is 4.79 Å². The van der Waals surface area contributed by atoms with Crippen molar-refractivity contribution in [1.82, 2.24) is 15.2 Å². The number of nitrogens with zero attached hydrogens (tertiary/aromatic N) is 2. The molecule has 5 heteroatoms. The Balaban J connectivity index is 1.82. The maximum Gasteiger partial charge on any atom is 0.234 e. The highest BCUT2D eigenvalue weighted by Gasteiger charge is 2.17. The van der Waals surface area contributed by atoms with Gasteiger partial charge in [0.05, 0.1) is 13.2 Å². The summed E-state index contributed by atoms with van der Waals surface area (Å²) in [5.41, 5.74) is 1.05. The smallest absolute Gasteiger partial charge is 0.234 e. The van der Waals surface area contributed by atoms with Gasteiger partial charge in [-0.3, -0.25) is 14.7 Å². The molecule has 2 N–H and O–H groups in total. The predicted molar refractivity (Wildman–Crippen MR) is 81.6 cm³/mol. The van der Waals surface area contributed by atoms with Crippen LogP contribution in [-0.2, 0) is 11.3 Å². The van der Waals surface area contributed by atoms with Gasteiger partial charge < -0.3 is 10.4 Å². The molecule has 0 atom stereocenters. The minimum Gasteiger partial charge on any atom is -0.395 e. The first-order valence-electron chi connectivity index (χ1n) is 7.79. The van der Waals surface area contributed by atoms with Crippen LogP contribution in [0.4, 0.5) is 0 Å². The molecule has 1 aliphatic rings. The summed E-state index contributed by atoms with van der Waals surface area (Å²) in [6.07, 6.45) is 9.41. The first kappa shape index (κ1) is 15.9. The van der Waals surface area contributed by atoms with Gasteiger partial charge in [0.2, 0.25) is 5.91 Å². The Morgan fingerprint density at radius 1 is 1.38 bits per heavy atom. The lowest BCUT2D eigenvalue weighted by Gasteiger charge is -2.25. The fraction of sp³-hybridized carbons (Fsp3) is 0.625. The lowest BCUT2D eigenvalue weighted by Crippen LogP contribution is -2.43. The summed E-state index contributed by atoms with van der Waals surface area (Å²) in [7, 11) is 0. The Morgan fingerprint density at radius 2 is 2.19 bits per heavy atom. The molecule has 1 aromatic heterocycles. The Morgan fingerprint density at radius 3 is 2.86 bits per heavy atom. The molecule has 1 aromatic rings. The summed E-state index contributed by atoms with van der Waals surface area (Å²) in [6.45, 7) is 1.50. The van der Waals surface area contributed by atoms with Crippen LogP contribution in [0, 0.1) is 0 Å². The summed E-state index contributed by atoms with van der Waals surface area (Å²) >= 11 is 0. The largest absolute Gasteiger partial charge is 0.395 e. The zero-order chi connectivity index (χ0) is 14.9. The molecular formula is C16H25N3O2. The maximum atomic E-state index is 12.1. The van der Waals surface area contributed by atoms with E-state index in [0.717, 1.165) is 18.4 Å². The van der Waals surface area contributed by atoms with Crippen LogP contribution in [0.25, 0.3) is 0 Å². The molecule has 0 unspecified atom stereocenters. The SMILES string of the molecule is O=C(CN(CCO)Cc1cccnc1)NC1CCCCC1. The fourth-order valence-electron chi connectivity index (χ4n) is 2.83. The Labute approximate surface area is 126 Å². The van der Waals surface area contributed by atoms with Gasteiger partial charge in [0, 0.05) is 31.5 Å². The van der Waals surface area contributed by atoms with Crippen LogP contribution in [0.2, 0.25) is 0 Å². The molecule has 0 radical (unpaired) electrons. The van der Waals surface area contributed by atoms with Crippen LogP contribution in [0.3, 0.4) is 0 Å². The van der Waals surface area contributed by atoms with Gasteiger partial charge in [-0.1, -0.05) is 25.3 Å². The molecule has 1 aliphatic carbocycles. The van der Waals surface area contributed by atoms with Gasteiger partial charge in [0.1, 0.15) is 0 Å². The molecule has 1 saturated carbocycles. The number of amides is 1. The van der Waals surface area contributed by atoms with Crippen molar-refractivity contribution >= 4 is 5.91 Å². The number of carbonyl (C=O) groups excluding carboxylic acids is 1. The molecule has 0 aromatic carbocycles. The first-order chi connectivity index (χ1) is 10.3. The zero-order valence-electron chi connectivity index (χ0n) is 12.5. The van der Waals surface area contributed by atoms with Gasteiger partial charge >= 0.3 is 0 Å². The number of aliphatic hydroxyl groups is 1. The average Bonchev–Trinajstić information content (AvgIpc) is 2.49. The molecule has 0 saturated heterocycles. The summed E-state index contributed by atoms with van der Waals surface area (Å²) in [4.78, 5) is 18.2. The van der Waals surface area contributed by atoms with Crippen molar-refractivity contribution in [2.75, 3.05) is 19.7 Å². The van der Waals surface area contributed by atoms with Crippen molar-refractivity contribution in [3.63, 3.8) is 0 Å². The highest BCUT2D eigenvalue weighted by molar-refractivity contribution is 5.78. The molecule has 2 rings (SSSR count). The topological polar surface area (TPSA) is 65.5 Å². The van der Waals surface area contributed by atoms with Crippen LogP contribution in [0.15, 0.2) is 24.5 Å². The van der Waals surface area contributed by atoms with Gasteiger partial charge in [0.25, 0.3) is 0 Å². The van der Waals surface area contributed by atoms with E-state index in [2.05, 4.69) is 10.3 Å². The van der Waals surface area contributed by atoms with Crippen LogP contribution < -0.4 is 5.32 Å². The zero-order valence-corrected chi connectivity index (χ0v) is 12.5. The van der Waals surface area contributed by atoms with E-state index in [1.807, 2.05) is 17.0 Å². The standard InChI is InChI=1S/C16H25N3O2/c20-10-9-19(12-14-5-4-8-17-11-14)13-16(21)18-15-6-2-1-3-7-15/h4-5,8,11,15,20H,1-3,6-7,9-10,12-13H2,(H,18,21). The number of nitrogens with one attached hydrogen (secondary N) is 1. The molecule has 1 amide bonds. The lowest BCUT2D eigenvalue weighted by molar-refractivity contribution is -0.123. The molecule has 1 heterocycles. The minimum absolute atomic E-state index is 0.0526.